The van der Waals surface area contributed by atoms with Crippen molar-refractivity contribution in [1.29, 1.82) is 0 Å². The summed E-state index contributed by atoms with van der Waals surface area (Å²) >= 11 is 0. The molecule has 9 heteroatoms. The zero-order valence-electron chi connectivity index (χ0n) is 17.6. The van der Waals surface area contributed by atoms with Gasteiger partial charge in [-0.3, -0.25) is 14.5 Å². The highest BCUT2D eigenvalue weighted by Gasteiger charge is 2.18. The zero-order valence-corrected chi connectivity index (χ0v) is 17.6. The number of aryl methyl sites for hydroxylation is 3. The maximum absolute atomic E-state index is 12.4. The fraction of sp³-hybridized carbons (Fsp3) is 0.526. The summed E-state index contributed by atoms with van der Waals surface area (Å²) < 4.78 is 1.51. The Bertz CT molecular complexity index is 847. The summed E-state index contributed by atoms with van der Waals surface area (Å²) in [7, 11) is 1.72. The van der Waals surface area contributed by atoms with Gasteiger partial charge < -0.3 is 10.6 Å². The van der Waals surface area contributed by atoms with Crippen LogP contribution < -0.4 is 10.6 Å². The molecule has 0 atom stereocenters. The summed E-state index contributed by atoms with van der Waals surface area (Å²) in [5.74, 6) is 0.503. The van der Waals surface area contributed by atoms with Crippen molar-refractivity contribution in [1.82, 2.24) is 30.0 Å². The van der Waals surface area contributed by atoms with Crippen LogP contribution in [0.4, 0.5) is 5.82 Å². The Morgan fingerprint density at radius 3 is 2.14 bits per heavy atom. The molecule has 0 aliphatic rings. The summed E-state index contributed by atoms with van der Waals surface area (Å²) in [6.45, 7) is 11.5. The van der Waals surface area contributed by atoms with Crippen molar-refractivity contribution in [2.45, 2.75) is 47.1 Å². The lowest BCUT2D eigenvalue weighted by molar-refractivity contribution is -0.124. The Labute approximate surface area is 165 Å². The van der Waals surface area contributed by atoms with E-state index in [9.17, 15) is 9.59 Å². The average molecular weight is 387 g/mol. The van der Waals surface area contributed by atoms with Gasteiger partial charge in [0.2, 0.25) is 11.8 Å². The lowest BCUT2D eigenvalue weighted by atomic mass is 10.1. The molecule has 0 aromatic carbocycles. The predicted molar refractivity (Wildman–Crippen MR) is 107 cm³/mol. The number of nitrogens with zero attached hydrogens (tertiary/aromatic N) is 5. The molecule has 2 N–H and O–H groups in total. The molecular weight excluding hydrogens is 358 g/mol. The first-order valence-electron chi connectivity index (χ1n) is 9.11. The molecule has 2 aromatic rings. The third-order valence-corrected chi connectivity index (χ3v) is 3.60. The highest BCUT2D eigenvalue weighted by Crippen LogP contribution is 2.15. The molecule has 0 saturated heterocycles. The minimum Gasteiger partial charge on any atom is -0.350 e. The lowest BCUT2D eigenvalue weighted by Crippen LogP contribution is -2.46. The Hall–Kier alpha value is -2.81. The smallest absolute Gasteiger partial charge is 0.252 e. The predicted octanol–water partition coefficient (Wildman–Crippen LogP) is 1.37. The maximum Gasteiger partial charge on any atom is 0.252 e. The van der Waals surface area contributed by atoms with Gasteiger partial charge in [0.15, 0.2) is 0 Å². The average Bonchev–Trinajstić information content (AvgIpc) is 2.84. The number of amides is 2. The Morgan fingerprint density at radius 1 is 1.00 bits per heavy atom. The van der Waals surface area contributed by atoms with Crippen LogP contribution in [0.3, 0.4) is 0 Å². The number of nitrogens with one attached hydrogen (secondary N) is 2. The molecule has 0 fully saturated rings. The van der Waals surface area contributed by atoms with Gasteiger partial charge in [-0.1, -0.05) is 0 Å². The van der Waals surface area contributed by atoms with Crippen molar-refractivity contribution in [3.05, 3.63) is 29.2 Å². The summed E-state index contributed by atoms with van der Waals surface area (Å²) in [6.07, 6.45) is 0. The topological polar surface area (TPSA) is 105 Å². The van der Waals surface area contributed by atoms with Crippen LogP contribution in [0.5, 0.6) is 0 Å². The second kappa shape index (κ2) is 8.47. The van der Waals surface area contributed by atoms with E-state index in [-0.39, 0.29) is 30.4 Å². The minimum atomic E-state index is -0.309. The van der Waals surface area contributed by atoms with Crippen molar-refractivity contribution < 1.29 is 9.59 Å². The van der Waals surface area contributed by atoms with Gasteiger partial charge in [0, 0.05) is 23.0 Å². The number of hydrogen-bond donors (Lipinski definition) is 2. The maximum atomic E-state index is 12.4. The van der Waals surface area contributed by atoms with E-state index < -0.39 is 0 Å². The molecule has 9 nitrogen and oxygen atoms in total. The van der Waals surface area contributed by atoms with E-state index in [4.69, 9.17) is 0 Å². The van der Waals surface area contributed by atoms with Gasteiger partial charge in [0.05, 0.1) is 18.8 Å². The van der Waals surface area contributed by atoms with Gasteiger partial charge in [-0.2, -0.15) is 9.78 Å². The Morgan fingerprint density at radius 2 is 1.57 bits per heavy atom. The van der Waals surface area contributed by atoms with E-state index >= 15 is 0 Å². The van der Waals surface area contributed by atoms with E-state index in [0.29, 0.717) is 11.8 Å². The third-order valence-electron chi connectivity index (χ3n) is 3.60. The Kier molecular flexibility index (Phi) is 6.50. The fourth-order valence-electron chi connectivity index (χ4n) is 2.73. The first kappa shape index (κ1) is 21.5. The summed E-state index contributed by atoms with van der Waals surface area (Å²) in [5.41, 5.74) is 2.06. The van der Waals surface area contributed by atoms with Crippen LogP contribution in [0.1, 0.15) is 37.9 Å². The zero-order chi connectivity index (χ0) is 21.1. The van der Waals surface area contributed by atoms with E-state index in [0.717, 1.165) is 17.1 Å². The van der Waals surface area contributed by atoms with Crippen LogP contribution >= 0.6 is 0 Å². The summed E-state index contributed by atoms with van der Waals surface area (Å²) in [4.78, 5) is 34.9. The van der Waals surface area contributed by atoms with Gasteiger partial charge in [-0.15, -0.1) is 0 Å². The summed E-state index contributed by atoms with van der Waals surface area (Å²) in [5, 5.41) is 10.1. The highest BCUT2D eigenvalue weighted by atomic mass is 16.2. The first-order valence-corrected chi connectivity index (χ1v) is 9.11. The van der Waals surface area contributed by atoms with E-state index in [1.54, 1.807) is 18.0 Å². The number of hydrogen-bond acceptors (Lipinski definition) is 6. The standard InChI is InChI=1S/C19H29N7O2/c1-12-8-13(2)21-18(20-12)26-15(9-14(3)24-26)22-16(27)10-25(7)11-17(28)23-19(4,5)6/h8-9H,10-11H2,1-7H3,(H,22,27)(H,23,28). The van der Waals surface area contributed by atoms with Crippen LogP contribution in [0.15, 0.2) is 12.1 Å². The molecule has 0 unspecified atom stereocenters. The van der Waals surface area contributed by atoms with E-state index in [1.165, 1.54) is 4.68 Å². The van der Waals surface area contributed by atoms with Crippen LogP contribution in [0.25, 0.3) is 5.95 Å². The first-order chi connectivity index (χ1) is 12.9. The number of likely N-dealkylation sites (N-methyl/N-ethyl adjacent to an activating group) is 1. The van der Waals surface area contributed by atoms with Crippen LogP contribution in [0.2, 0.25) is 0 Å². The van der Waals surface area contributed by atoms with Crippen molar-refractivity contribution in [3.8, 4) is 5.95 Å². The van der Waals surface area contributed by atoms with Crippen molar-refractivity contribution in [2.75, 3.05) is 25.5 Å². The van der Waals surface area contributed by atoms with Crippen molar-refractivity contribution >= 4 is 17.6 Å². The highest BCUT2D eigenvalue weighted by molar-refractivity contribution is 5.92. The van der Waals surface area contributed by atoms with Crippen molar-refractivity contribution in [2.24, 2.45) is 0 Å². The largest absolute Gasteiger partial charge is 0.350 e. The van der Waals surface area contributed by atoms with Crippen molar-refractivity contribution in [3.63, 3.8) is 0 Å². The molecule has 2 amide bonds. The molecule has 28 heavy (non-hydrogen) atoms. The molecule has 0 aliphatic carbocycles. The SMILES string of the molecule is Cc1cc(C)nc(-n2nc(C)cc2NC(=O)CN(C)CC(=O)NC(C)(C)C)n1. The summed E-state index contributed by atoms with van der Waals surface area (Å²) in [6, 6.07) is 3.63. The molecule has 2 heterocycles. The van der Waals surface area contributed by atoms with Gasteiger partial charge in [0.25, 0.3) is 5.95 Å². The molecular formula is C19H29N7O2. The molecule has 2 rings (SSSR count). The number of carbonyl (C=O) groups is 2. The fourth-order valence-corrected chi connectivity index (χ4v) is 2.73. The van der Waals surface area contributed by atoms with E-state index in [1.807, 2.05) is 47.6 Å². The van der Waals surface area contributed by atoms with E-state index in [2.05, 4.69) is 25.7 Å². The molecule has 152 valence electrons. The van der Waals surface area contributed by atoms with Crippen LogP contribution in [-0.2, 0) is 9.59 Å². The molecule has 0 spiro atoms. The van der Waals surface area contributed by atoms with Gasteiger partial charge >= 0.3 is 0 Å². The minimum absolute atomic E-state index is 0.0650. The van der Waals surface area contributed by atoms with Crippen LogP contribution in [-0.4, -0.2) is 62.1 Å². The van der Waals surface area contributed by atoms with Crippen LogP contribution in [0, 0.1) is 20.8 Å². The molecule has 0 radical (unpaired) electrons. The normalized spacial score (nSPS) is 11.6. The number of carbonyl (C=O) groups excluding carboxylic acids is 2. The lowest BCUT2D eigenvalue weighted by Gasteiger charge is -2.23. The van der Waals surface area contributed by atoms with Gasteiger partial charge in [0.1, 0.15) is 5.82 Å². The third kappa shape index (κ3) is 6.41. The second-order valence-corrected chi connectivity index (χ2v) is 8.05. The molecule has 0 aliphatic heterocycles. The number of rotatable bonds is 6. The monoisotopic (exact) mass is 387 g/mol. The van der Waals surface area contributed by atoms with Gasteiger partial charge in [-0.05, 0) is 54.7 Å². The second-order valence-electron chi connectivity index (χ2n) is 8.05. The quantitative estimate of drug-likeness (QED) is 0.776. The number of anilines is 1. The Balaban J connectivity index is 2.05. The molecule has 0 bridgehead atoms. The number of aromatic nitrogens is 4. The van der Waals surface area contributed by atoms with Gasteiger partial charge in [-0.25, -0.2) is 9.97 Å². The molecule has 0 saturated carbocycles. The molecule has 2 aromatic heterocycles.